The van der Waals surface area contributed by atoms with Crippen LogP contribution in [0.25, 0.3) is 17.1 Å². The van der Waals surface area contributed by atoms with Gasteiger partial charge in [0.05, 0.1) is 19.4 Å². The molecule has 0 radical (unpaired) electrons. The second-order valence-electron chi connectivity index (χ2n) is 13.7. The van der Waals surface area contributed by atoms with Crippen LogP contribution in [0.15, 0.2) is 71.9 Å². The highest BCUT2D eigenvalue weighted by Crippen LogP contribution is 2.38. The van der Waals surface area contributed by atoms with Crippen LogP contribution in [0.4, 0.5) is 0 Å². The quantitative estimate of drug-likeness (QED) is 0.0840. The average Bonchev–Trinajstić information content (AvgIpc) is 3.51. The molecule has 0 aliphatic rings. The minimum Gasteiger partial charge on any atom is -0.495 e. The van der Waals surface area contributed by atoms with Gasteiger partial charge in [-0.15, -0.1) is 10.2 Å². The first-order valence-corrected chi connectivity index (χ1v) is 18.3. The predicted molar refractivity (Wildman–Crippen MR) is 199 cm³/mol. The highest BCUT2D eigenvalue weighted by atomic mass is 32.2. The summed E-state index contributed by atoms with van der Waals surface area (Å²) in [4.78, 5) is 12.6. The van der Waals surface area contributed by atoms with E-state index in [1.807, 2.05) is 28.8 Å². The van der Waals surface area contributed by atoms with Gasteiger partial charge in [-0.05, 0) is 73.6 Å². The number of thioether (sulfide) groups is 1. The van der Waals surface area contributed by atoms with Crippen molar-refractivity contribution in [1.29, 1.82) is 0 Å². The molecule has 4 rings (SSSR count). The monoisotopic (exact) mass is 670 g/mol. The Balaban J connectivity index is 1.25. The molecule has 0 atom stereocenters. The summed E-state index contributed by atoms with van der Waals surface area (Å²) in [6.45, 7) is 17.0. The summed E-state index contributed by atoms with van der Waals surface area (Å²) in [7, 11) is 1.67. The van der Waals surface area contributed by atoms with E-state index in [9.17, 15) is 4.79 Å². The van der Waals surface area contributed by atoms with Gasteiger partial charge in [-0.1, -0.05) is 107 Å². The molecule has 3 aromatic carbocycles. The molecule has 0 saturated heterocycles. The molecule has 0 fully saturated rings. The van der Waals surface area contributed by atoms with Crippen LogP contribution in [-0.4, -0.2) is 46.7 Å². The van der Waals surface area contributed by atoms with E-state index in [4.69, 9.17) is 9.47 Å². The van der Waals surface area contributed by atoms with Gasteiger partial charge < -0.3 is 14.8 Å². The molecule has 0 bridgehead atoms. The summed E-state index contributed by atoms with van der Waals surface area (Å²) in [5, 5.41) is 12.9. The number of ether oxygens (including phenoxy) is 2. The van der Waals surface area contributed by atoms with E-state index in [2.05, 4.69) is 106 Å². The number of hydrogen-bond acceptors (Lipinski definition) is 6. The van der Waals surface area contributed by atoms with Crippen LogP contribution < -0.4 is 14.8 Å². The molecule has 258 valence electrons. The molecule has 0 aliphatic carbocycles. The zero-order valence-electron chi connectivity index (χ0n) is 30.2. The molecule has 4 aromatic rings. The standard InChI is InChI=1S/C40H54N4O3S/c1-9-39(4,5)31-23-24-34(32(28-31)40(6,7)10-2)47-26-14-13-25-41-36(45)18-15-27-48-38-43-42-37(30-21-19-29(3)20-22-30)44(38)33-16-11-12-17-35(33)46-8/h11-12,16-17,19-24,28H,9-10,13-15,18,25-27H2,1-8H3,(H,41,45). The zero-order valence-corrected chi connectivity index (χ0v) is 31.0. The molecule has 1 amide bonds. The third-order valence-electron chi connectivity index (χ3n) is 9.46. The Morgan fingerprint density at radius 2 is 1.60 bits per heavy atom. The fraction of sp³-hybridized carbons (Fsp3) is 0.475. The van der Waals surface area contributed by atoms with Gasteiger partial charge in [0.1, 0.15) is 11.5 Å². The lowest BCUT2D eigenvalue weighted by Crippen LogP contribution is -2.24. The number of aryl methyl sites for hydroxylation is 1. The predicted octanol–water partition coefficient (Wildman–Crippen LogP) is 9.47. The van der Waals surface area contributed by atoms with E-state index in [0.29, 0.717) is 19.6 Å². The number of para-hydroxylation sites is 2. The Bertz CT molecular complexity index is 1630. The van der Waals surface area contributed by atoms with Gasteiger partial charge in [-0.3, -0.25) is 9.36 Å². The third kappa shape index (κ3) is 9.43. The Hall–Kier alpha value is -3.78. The summed E-state index contributed by atoms with van der Waals surface area (Å²) in [6.07, 6.45) is 5.09. The molecular formula is C40H54N4O3S. The van der Waals surface area contributed by atoms with E-state index >= 15 is 0 Å². The maximum absolute atomic E-state index is 12.6. The molecule has 8 heteroatoms. The number of hydrogen-bond donors (Lipinski definition) is 1. The van der Waals surface area contributed by atoms with Crippen LogP contribution in [0, 0.1) is 6.92 Å². The lowest BCUT2D eigenvalue weighted by atomic mass is 9.76. The summed E-state index contributed by atoms with van der Waals surface area (Å²) >= 11 is 1.60. The van der Waals surface area contributed by atoms with Crippen molar-refractivity contribution in [1.82, 2.24) is 20.1 Å². The third-order valence-corrected chi connectivity index (χ3v) is 10.5. The molecular weight excluding hydrogens is 617 g/mol. The summed E-state index contributed by atoms with van der Waals surface area (Å²) in [5.74, 6) is 3.30. The van der Waals surface area contributed by atoms with Gasteiger partial charge in [0.15, 0.2) is 11.0 Å². The van der Waals surface area contributed by atoms with E-state index in [-0.39, 0.29) is 16.7 Å². The van der Waals surface area contributed by atoms with Gasteiger partial charge in [0.25, 0.3) is 0 Å². The smallest absolute Gasteiger partial charge is 0.220 e. The fourth-order valence-electron chi connectivity index (χ4n) is 5.41. The van der Waals surface area contributed by atoms with Crippen LogP contribution in [0.3, 0.4) is 0 Å². The van der Waals surface area contributed by atoms with Crippen molar-refractivity contribution in [3.8, 4) is 28.6 Å². The topological polar surface area (TPSA) is 78.3 Å². The second kappa shape index (κ2) is 17.0. The van der Waals surface area contributed by atoms with Crippen molar-refractivity contribution in [2.75, 3.05) is 26.0 Å². The number of amides is 1. The summed E-state index contributed by atoms with van der Waals surface area (Å²) < 4.78 is 14.0. The molecule has 1 heterocycles. The average molecular weight is 671 g/mol. The number of benzene rings is 3. The van der Waals surface area contributed by atoms with Gasteiger partial charge in [0, 0.05) is 29.8 Å². The zero-order chi connectivity index (χ0) is 34.7. The van der Waals surface area contributed by atoms with Crippen molar-refractivity contribution in [2.24, 2.45) is 0 Å². The van der Waals surface area contributed by atoms with Crippen molar-refractivity contribution >= 4 is 17.7 Å². The lowest BCUT2D eigenvalue weighted by molar-refractivity contribution is -0.121. The number of unbranched alkanes of at least 4 members (excludes halogenated alkanes) is 1. The molecule has 7 nitrogen and oxygen atoms in total. The van der Waals surface area contributed by atoms with Crippen LogP contribution in [0.1, 0.15) is 96.8 Å². The molecule has 0 unspecified atom stereocenters. The van der Waals surface area contributed by atoms with Gasteiger partial charge in [0.2, 0.25) is 5.91 Å². The number of rotatable bonds is 18. The maximum Gasteiger partial charge on any atom is 0.220 e. The van der Waals surface area contributed by atoms with E-state index in [1.165, 1.54) is 16.7 Å². The number of aromatic nitrogens is 3. The highest BCUT2D eigenvalue weighted by Gasteiger charge is 2.26. The number of carbonyl (C=O) groups is 1. The van der Waals surface area contributed by atoms with E-state index < -0.39 is 0 Å². The largest absolute Gasteiger partial charge is 0.495 e. The first-order valence-electron chi connectivity index (χ1n) is 17.3. The lowest BCUT2D eigenvalue weighted by Gasteiger charge is -2.30. The van der Waals surface area contributed by atoms with Crippen LogP contribution >= 0.6 is 11.8 Å². The summed E-state index contributed by atoms with van der Waals surface area (Å²) in [6, 6.07) is 22.9. The molecule has 1 aromatic heterocycles. The van der Waals surface area contributed by atoms with E-state index in [1.54, 1.807) is 18.9 Å². The molecule has 0 saturated carbocycles. The Morgan fingerprint density at radius 1 is 0.875 bits per heavy atom. The molecule has 0 spiro atoms. The first kappa shape index (κ1) is 37.0. The van der Waals surface area contributed by atoms with Crippen molar-refractivity contribution in [3.63, 3.8) is 0 Å². The SMILES string of the molecule is CCC(C)(C)c1ccc(OCCCCNC(=O)CCCSc2nnc(-c3ccc(C)cc3)n2-c2ccccc2OC)c(C(C)(C)CC)c1. The maximum atomic E-state index is 12.6. The fourth-order valence-corrected chi connectivity index (χ4v) is 6.29. The molecule has 0 aliphatic heterocycles. The first-order chi connectivity index (χ1) is 23.0. The van der Waals surface area contributed by atoms with Gasteiger partial charge in [-0.25, -0.2) is 0 Å². The second-order valence-corrected chi connectivity index (χ2v) is 14.8. The van der Waals surface area contributed by atoms with Crippen molar-refractivity contribution in [2.45, 2.75) is 103 Å². The Labute approximate surface area is 292 Å². The van der Waals surface area contributed by atoms with Crippen molar-refractivity contribution < 1.29 is 14.3 Å². The number of carbonyl (C=O) groups excluding carboxylic acids is 1. The molecule has 1 N–H and O–H groups in total. The number of methoxy groups -OCH3 is 1. The minimum absolute atomic E-state index is 0.0366. The van der Waals surface area contributed by atoms with Gasteiger partial charge >= 0.3 is 0 Å². The van der Waals surface area contributed by atoms with E-state index in [0.717, 1.165) is 71.6 Å². The Morgan fingerprint density at radius 3 is 2.31 bits per heavy atom. The summed E-state index contributed by atoms with van der Waals surface area (Å²) in [5.41, 5.74) is 5.86. The van der Waals surface area contributed by atoms with Crippen LogP contribution in [-0.2, 0) is 15.6 Å². The molecule has 48 heavy (non-hydrogen) atoms. The number of nitrogens with one attached hydrogen (secondary N) is 1. The normalized spacial score (nSPS) is 11.8. The van der Waals surface area contributed by atoms with Crippen molar-refractivity contribution in [3.05, 3.63) is 83.4 Å². The Kier molecular flexibility index (Phi) is 13.2. The minimum atomic E-state index is 0.0366. The van der Waals surface area contributed by atoms with Crippen LogP contribution in [0.2, 0.25) is 0 Å². The van der Waals surface area contributed by atoms with Crippen LogP contribution in [0.5, 0.6) is 11.5 Å². The number of nitrogens with zero attached hydrogens (tertiary/aromatic N) is 3. The van der Waals surface area contributed by atoms with Gasteiger partial charge in [-0.2, -0.15) is 0 Å². The highest BCUT2D eigenvalue weighted by molar-refractivity contribution is 7.99.